The van der Waals surface area contributed by atoms with Gasteiger partial charge in [-0.1, -0.05) is 58.5 Å². The number of rotatable bonds is 9. The van der Waals surface area contributed by atoms with Gasteiger partial charge in [-0.2, -0.15) is 0 Å². The molecule has 5 atom stereocenters. The Morgan fingerprint density at radius 3 is 2.05 bits per heavy atom. The third kappa shape index (κ3) is 7.81. The van der Waals surface area contributed by atoms with E-state index in [0.717, 1.165) is 16.9 Å². The van der Waals surface area contributed by atoms with E-state index in [2.05, 4.69) is 22.6 Å². The highest BCUT2D eigenvalue weighted by atomic mass is 127. The summed E-state index contributed by atoms with van der Waals surface area (Å²) in [5.74, 6) is -0.965. The number of carbonyl (C=O) groups is 3. The van der Waals surface area contributed by atoms with Crippen molar-refractivity contribution in [2.75, 3.05) is 11.0 Å². The molecule has 3 rings (SSSR count). The maximum Gasteiger partial charge on any atom is 0.303 e. The second kappa shape index (κ2) is 13.4. The summed E-state index contributed by atoms with van der Waals surface area (Å²) in [6.07, 6.45) is -3.93. The fourth-order valence-electron chi connectivity index (χ4n) is 4.28. The van der Waals surface area contributed by atoms with Crippen molar-refractivity contribution in [2.45, 2.75) is 64.6 Å². The zero-order valence-electron chi connectivity index (χ0n) is 21.1. The zero-order chi connectivity index (χ0) is 27.1. The summed E-state index contributed by atoms with van der Waals surface area (Å²) < 4.78 is 29.0. The Hall–Kier alpha value is -2.37. The number of ether oxygens (including phenoxy) is 5. The molecule has 37 heavy (non-hydrogen) atoms. The number of alkyl halides is 1. The molecular weight excluding hydrogens is 615 g/mol. The van der Waals surface area contributed by atoms with Gasteiger partial charge in [-0.05, 0) is 48.2 Å². The fourth-order valence-corrected chi connectivity index (χ4v) is 5.18. The van der Waals surface area contributed by atoms with Gasteiger partial charge < -0.3 is 23.7 Å². The van der Waals surface area contributed by atoms with E-state index in [1.165, 1.54) is 20.8 Å². The average Bonchev–Trinajstić information content (AvgIpc) is 2.83. The highest BCUT2D eigenvalue weighted by molar-refractivity contribution is 14.1. The van der Waals surface area contributed by atoms with Crippen LogP contribution in [0, 0.1) is 0 Å². The molecule has 2 aromatic carbocycles. The predicted molar refractivity (Wildman–Crippen MR) is 145 cm³/mol. The van der Waals surface area contributed by atoms with Gasteiger partial charge in [0.25, 0.3) is 0 Å². The van der Waals surface area contributed by atoms with Crippen LogP contribution in [-0.4, -0.2) is 53.4 Å². The van der Waals surface area contributed by atoms with Crippen molar-refractivity contribution in [1.82, 2.24) is 0 Å². The van der Waals surface area contributed by atoms with Gasteiger partial charge in [0.05, 0.1) is 6.61 Å². The number of halogens is 2. The Bertz CT molecular complexity index is 1110. The fraction of sp³-hybridized carbons (Fsp3) is 0.444. The van der Waals surface area contributed by atoms with Gasteiger partial charge >= 0.3 is 17.9 Å². The van der Waals surface area contributed by atoms with Crippen molar-refractivity contribution >= 4 is 52.1 Å². The summed E-state index contributed by atoms with van der Waals surface area (Å²) in [6, 6.07) is 13.2. The molecule has 1 aliphatic heterocycles. The first-order valence-corrected chi connectivity index (χ1v) is 13.8. The summed E-state index contributed by atoms with van der Waals surface area (Å²) >= 11 is 8.66. The Labute approximate surface area is 235 Å². The number of hydrogen-bond donors (Lipinski definition) is 0. The van der Waals surface area contributed by atoms with Crippen LogP contribution < -0.4 is 4.74 Å². The van der Waals surface area contributed by atoms with Crippen LogP contribution in [0.25, 0.3) is 0 Å². The molecule has 0 spiro atoms. The van der Waals surface area contributed by atoms with Gasteiger partial charge in [0.15, 0.2) is 18.3 Å². The first-order chi connectivity index (χ1) is 17.6. The maximum atomic E-state index is 12.1. The molecular formula is C27H30ClIO8. The van der Waals surface area contributed by atoms with Crippen molar-refractivity contribution in [3.63, 3.8) is 0 Å². The molecule has 0 bridgehead atoms. The van der Waals surface area contributed by atoms with Gasteiger partial charge in [-0.15, -0.1) is 0 Å². The lowest BCUT2D eigenvalue weighted by atomic mass is 9.89. The molecule has 0 amide bonds. The standard InChI is InChI=1S/C27H30ClIO8/c1-5-33-21-9-6-18(7-10-21)12-20-13-19(8-11-22(20)28)24-26(35-16(3)31)27(36-17(4)32)25(34-15(2)30)23(14-29)37-24/h6-11,13,23-27H,5,12,14H2,1-4H3. The molecule has 1 saturated heterocycles. The topological polar surface area (TPSA) is 97.4 Å². The van der Waals surface area contributed by atoms with Gasteiger partial charge in [0.2, 0.25) is 0 Å². The predicted octanol–water partition coefficient (Wildman–Crippen LogP) is 5.00. The van der Waals surface area contributed by atoms with E-state index >= 15 is 0 Å². The Balaban J connectivity index is 1.99. The minimum absolute atomic E-state index is 0.434. The highest BCUT2D eigenvalue weighted by Crippen LogP contribution is 2.39. The number of benzene rings is 2. The van der Waals surface area contributed by atoms with Crippen LogP contribution in [0.3, 0.4) is 0 Å². The zero-order valence-corrected chi connectivity index (χ0v) is 24.0. The molecule has 5 unspecified atom stereocenters. The average molecular weight is 645 g/mol. The first-order valence-electron chi connectivity index (χ1n) is 11.9. The summed E-state index contributed by atoms with van der Waals surface area (Å²) in [4.78, 5) is 35.9. The van der Waals surface area contributed by atoms with E-state index in [4.69, 9.17) is 35.3 Å². The number of esters is 3. The van der Waals surface area contributed by atoms with E-state index < -0.39 is 48.4 Å². The Morgan fingerprint density at radius 1 is 0.892 bits per heavy atom. The maximum absolute atomic E-state index is 12.1. The van der Waals surface area contributed by atoms with Crippen LogP contribution in [0.4, 0.5) is 0 Å². The van der Waals surface area contributed by atoms with Gasteiger partial charge in [-0.3, -0.25) is 14.4 Å². The molecule has 0 N–H and O–H groups in total. The van der Waals surface area contributed by atoms with Crippen LogP contribution in [0.1, 0.15) is 50.5 Å². The van der Waals surface area contributed by atoms with Crippen molar-refractivity contribution in [3.8, 4) is 5.75 Å². The van der Waals surface area contributed by atoms with Crippen molar-refractivity contribution in [2.24, 2.45) is 0 Å². The molecule has 10 heteroatoms. The molecule has 1 fully saturated rings. The van der Waals surface area contributed by atoms with Crippen LogP contribution in [0.2, 0.25) is 5.02 Å². The van der Waals surface area contributed by atoms with Gasteiger partial charge in [0, 0.05) is 30.2 Å². The first kappa shape index (κ1) is 29.2. The molecule has 1 heterocycles. The SMILES string of the molecule is CCOc1ccc(Cc2cc(C3OC(CI)C(OC(C)=O)C(OC(C)=O)C3OC(C)=O)ccc2Cl)cc1. The summed E-state index contributed by atoms with van der Waals surface area (Å²) in [5.41, 5.74) is 2.55. The molecule has 1 aliphatic rings. The lowest BCUT2D eigenvalue weighted by Gasteiger charge is -2.44. The Kier molecular flexibility index (Phi) is 10.6. The normalized spacial score (nSPS) is 23.1. The molecule has 200 valence electrons. The van der Waals surface area contributed by atoms with Crippen molar-refractivity contribution in [3.05, 3.63) is 64.2 Å². The number of hydrogen-bond acceptors (Lipinski definition) is 8. The van der Waals surface area contributed by atoms with Crippen molar-refractivity contribution < 1.29 is 38.1 Å². The molecule has 0 saturated carbocycles. The van der Waals surface area contributed by atoms with Crippen molar-refractivity contribution in [1.29, 1.82) is 0 Å². The highest BCUT2D eigenvalue weighted by Gasteiger charge is 2.51. The molecule has 0 radical (unpaired) electrons. The minimum Gasteiger partial charge on any atom is -0.494 e. The molecule has 0 aromatic heterocycles. The van der Waals surface area contributed by atoms with E-state index in [0.29, 0.717) is 28.0 Å². The summed E-state index contributed by atoms with van der Waals surface area (Å²) in [5, 5.41) is 0.567. The summed E-state index contributed by atoms with van der Waals surface area (Å²) in [6.45, 7) is 6.28. The lowest BCUT2D eigenvalue weighted by molar-refractivity contribution is -0.244. The van der Waals surface area contributed by atoms with Gasteiger partial charge in [0.1, 0.15) is 18.0 Å². The second-order valence-electron chi connectivity index (χ2n) is 8.58. The van der Waals surface area contributed by atoms with Gasteiger partial charge in [-0.25, -0.2) is 0 Å². The Morgan fingerprint density at radius 2 is 1.49 bits per heavy atom. The molecule has 2 aromatic rings. The van der Waals surface area contributed by atoms with E-state index in [1.807, 2.05) is 37.3 Å². The molecule has 8 nitrogen and oxygen atoms in total. The summed E-state index contributed by atoms with van der Waals surface area (Å²) in [7, 11) is 0. The smallest absolute Gasteiger partial charge is 0.303 e. The minimum atomic E-state index is -1.06. The van der Waals surface area contributed by atoms with Crippen LogP contribution in [0.15, 0.2) is 42.5 Å². The van der Waals surface area contributed by atoms with E-state index in [1.54, 1.807) is 12.1 Å². The third-order valence-electron chi connectivity index (χ3n) is 5.72. The van der Waals surface area contributed by atoms with E-state index in [-0.39, 0.29) is 0 Å². The molecule has 0 aliphatic carbocycles. The van der Waals surface area contributed by atoms with Crippen LogP contribution in [-0.2, 0) is 39.8 Å². The van der Waals surface area contributed by atoms with Crippen LogP contribution in [0.5, 0.6) is 5.75 Å². The largest absolute Gasteiger partial charge is 0.494 e. The van der Waals surface area contributed by atoms with Crippen LogP contribution >= 0.6 is 34.2 Å². The quantitative estimate of drug-likeness (QED) is 0.163. The third-order valence-corrected chi connectivity index (χ3v) is 6.96. The number of carbonyl (C=O) groups excluding carboxylic acids is 3. The lowest BCUT2D eigenvalue weighted by Crippen LogP contribution is -2.58. The van der Waals surface area contributed by atoms with E-state index in [9.17, 15) is 14.4 Å². The second-order valence-corrected chi connectivity index (χ2v) is 9.86. The monoisotopic (exact) mass is 644 g/mol.